The van der Waals surface area contributed by atoms with Crippen LogP contribution in [0.25, 0.3) is 0 Å². The van der Waals surface area contributed by atoms with Crippen molar-refractivity contribution >= 4 is 11.9 Å². The zero-order valence-electron chi connectivity index (χ0n) is 13.4. The zero-order valence-corrected chi connectivity index (χ0v) is 13.4. The second-order valence-corrected chi connectivity index (χ2v) is 5.31. The summed E-state index contributed by atoms with van der Waals surface area (Å²) in [5.41, 5.74) is 0. The van der Waals surface area contributed by atoms with Crippen molar-refractivity contribution < 1.29 is 9.53 Å². The van der Waals surface area contributed by atoms with Gasteiger partial charge in [-0.2, -0.15) is 0 Å². The molecule has 0 bridgehead atoms. The van der Waals surface area contributed by atoms with E-state index in [1.807, 2.05) is 6.92 Å². The van der Waals surface area contributed by atoms with Crippen LogP contribution in [0.15, 0.2) is 4.99 Å². The Balaban J connectivity index is 2.11. The Morgan fingerprint density at radius 2 is 2.00 bits per heavy atom. The molecule has 1 saturated carbocycles. The zero-order chi connectivity index (χ0) is 15.3. The van der Waals surface area contributed by atoms with Gasteiger partial charge in [-0.15, -0.1) is 0 Å². The highest BCUT2D eigenvalue weighted by Crippen LogP contribution is 2.16. The summed E-state index contributed by atoms with van der Waals surface area (Å²) in [5, 5.41) is 9.28. The van der Waals surface area contributed by atoms with E-state index < -0.39 is 0 Å². The quantitative estimate of drug-likeness (QED) is 0.355. The van der Waals surface area contributed by atoms with Crippen molar-refractivity contribution in [2.24, 2.45) is 4.99 Å². The van der Waals surface area contributed by atoms with E-state index in [-0.39, 0.29) is 12.5 Å². The number of nitrogens with zero attached hydrogens (tertiary/aromatic N) is 1. The van der Waals surface area contributed by atoms with E-state index in [1.54, 1.807) is 7.05 Å². The number of amides is 1. The van der Waals surface area contributed by atoms with E-state index in [0.29, 0.717) is 12.0 Å². The predicted molar refractivity (Wildman–Crippen MR) is 85.5 cm³/mol. The van der Waals surface area contributed by atoms with Crippen LogP contribution in [0, 0.1) is 0 Å². The summed E-state index contributed by atoms with van der Waals surface area (Å²) in [6.07, 6.45) is 6.88. The SMILES string of the molecule is CCOCCCNC(=NC)NCC(=O)NC1CCCCC1. The molecule has 21 heavy (non-hydrogen) atoms. The highest BCUT2D eigenvalue weighted by molar-refractivity contribution is 5.86. The minimum absolute atomic E-state index is 0.0409. The first kappa shape index (κ1) is 17.8. The van der Waals surface area contributed by atoms with E-state index >= 15 is 0 Å². The predicted octanol–water partition coefficient (Wildman–Crippen LogP) is 1.03. The lowest BCUT2D eigenvalue weighted by molar-refractivity contribution is -0.120. The second kappa shape index (κ2) is 11.4. The van der Waals surface area contributed by atoms with E-state index in [9.17, 15) is 4.79 Å². The van der Waals surface area contributed by atoms with Crippen LogP contribution in [0.5, 0.6) is 0 Å². The van der Waals surface area contributed by atoms with Crippen molar-refractivity contribution in [1.82, 2.24) is 16.0 Å². The van der Waals surface area contributed by atoms with Gasteiger partial charge in [-0.25, -0.2) is 0 Å². The molecule has 122 valence electrons. The van der Waals surface area contributed by atoms with Crippen molar-refractivity contribution in [3.05, 3.63) is 0 Å². The average Bonchev–Trinajstić information content (AvgIpc) is 2.51. The summed E-state index contributed by atoms with van der Waals surface area (Å²) in [6, 6.07) is 0.356. The normalized spacial score (nSPS) is 16.6. The monoisotopic (exact) mass is 298 g/mol. The molecule has 0 aromatic carbocycles. The molecule has 1 fully saturated rings. The molecule has 0 heterocycles. The summed E-state index contributed by atoms with van der Waals surface area (Å²) in [4.78, 5) is 16.0. The molecule has 0 atom stereocenters. The number of carbonyl (C=O) groups is 1. The molecule has 1 aliphatic carbocycles. The Kier molecular flexibility index (Phi) is 9.61. The van der Waals surface area contributed by atoms with E-state index in [0.717, 1.165) is 39.0 Å². The van der Waals surface area contributed by atoms with Crippen molar-refractivity contribution in [3.63, 3.8) is 0 Å². The largest absolute Gasteiger partial charge is 0.382 e. The molecule has 0 unspecified atom stereocenters. The summed E-state index contributed by atoms with van der Waals surface area (Å²) >= 11 is 0. The van der Waals surface area contributed by atoms with Crippen LogP contribution in [-0.4, -0.2) is 51.3 Å². The summed E-state index contributed by atoms with van der Waals surface area (Å²) < 4.78 is 5.27. The fourth-order valence-corrected chi connectivity index (χ4v) is 2.44. The Bertz CT molecular complexity index is 315. The highest BCUT2D eigenvalue weighted by atomic mass is 16.5. The molecule has 0 radical (unpaired) electrons. The molecule has 1 amide bonds. The van der Waals surface area contributed by atoms with Crippen LogP contribution in [0.1, 0.15) is 45.4 Å². The van der Waals surface area contributed by atoms with Crippen LogP contribution in [0.3, 0.4) is 0 Å². The van der Waals surface area contributed by atoms with Gasteiger partial charge in [-0.1, -0.05) is 19.3 Å². The van der Waals surface area contributed by atoms with Crippen LogP contribution in [-0.2, 0) is 9.53 Å². The maximum absolute atomic E-state index is 11.9. The smallest absolute Gasteiger partial charge is 0.239 e. The van der Waals surface area contributed by atoms with Crippen LogP contribution in [0.4, 0.5) is 0 Å². The van der Waals surface area contributed by atoms with Gasteiger partial charge in [0.15, 0.2) is 5.96 Å². The molecule has 0 saturated heterocycles. The number of aliphatic imine (C=N–C) groups is 1. The number of ether oxygens (including phenoxy) is 1. The van der Waals surface area contributed by atoms with Gasteiger partial charge >= 0.3 is 0 Å². The molecule has 6 nitrogen and oxygen atoms in total. The van der Waals surface area contributed by atoms with Crippen molar-refractivity contribution in [2.45, 2.75) is 51.5 Å². The molecule has 0 aromatic rings. The Morgan fingerprint density at radius 3 is 2.67 bits per heavy atom. The highest BCUT2D eigenvalue weighted by Gasteiger charge is 2.15. The number of guanidine groups is 1. The number of carbonyl (C=O) groups excluding carboxylic acids is 1. The third-order valence-electron chi connectivity index (χ3n) is 3.57. The van der Waals surface area contributed by atoms with Crippen LogP contribution < -0.4 is 16.0 Å². The Labute approximate surface area is 128 Å². The summed E-state index contributed by atoms with van der Waals surface area (Å²) in [6.45, 7) is 4.52. The number of hydrogen-bond acceptors (Lipinski definition) is 3. The Morgan fingerprint density at radius 1 is 1.24 bits per heavy atom. The minimum Gasteiger partial charge on any atom is -0.382 e. The van der Waals surface area contributed by atoms with Gasteiger partial charge in [0, 0.05) is 32.8 Å². The molecule has 1 rings (SSSR count). The fourth-order valence-electron chi connectivity index (χ4n) is 2.44. The maximum atomic E-state index is 11.9. The lowest BCUT2D eigenvalue weighted by atomic mass is 9.95. The molecule has 0 aromatic heterocycles. The number of hydrogen-bond donors (Lipinski definition) is 3. The Hall–Kier alpha value is -1.30. The molecule has 0 aliphatic heterocycles. The lowest BCUT2D eigenvalue weighted by Crippen LogP contribution is -2.46. The van der Waals surface area contributed by atoms with E-state index in [4.69, 9.17) is 4.74 Å². The summed E-state index contributed by atoms with van der Waals surface area (Å²) in [5.74, 6) is 0.699. The fraction of sp³-hybridized carbons (Fsp3) is 0.867. The first-order valence-corrected chi connectivity index (χ1v) is 8.08. The molecular weight excluding hydrogens is 268 g/mol. The molecule has 3 N–H and O–H groups in total. The van der Waals surface area contributed by atoms with Crippen molar-refractivity contribution in [1.29, 1.82) is 0 Å². The van der Waals surface area contributed by atoms with Gasteiger partial charge < -0.3 is 20.7 Å². The van der Waals surface area contributed by atoms with Gasteiger partial charge in [0.25, 0.3) is 0 Å². The van der Waals surface area contributed by atoms with Gasteiger partial charge in [-0.05, 0) is 26.2 Å². The first-order chi connectivity index (χ1) is 10.3. The van der Waals surface area contributed by atoms with Crippen molar-refractivity contribution in [3.8, 4) is 0 Å². The van der Waals surface area contributed by atoms with Gasteiger partial charge in [0.1, 0.15) is 0 Å². The molecule has 1 aliphatic rings. The number of nitrogens with one attached hydrogen (secondary N) is 3. The minimum atomic E-state index is 0.0409. The molecule has 0 spiro atoms. The van der Waals surface area contributed by atoms with E-state index in [1.165, 1.54) is 19.3 Å². The second-order valence-electron chi connectivity index (χ2n) is 5.31. The van der Waals surface area contributed by atoms with Crippen molar-refractivity contribution in [2.75, 3.05) is 33.4 Å². The van der Waals surface area contributed by atoms with Gasteiger partial charge in [0.05, 0.1) is 6.54 Å². The van der Waals surface area contributed by atoms with Crippen LogP contribution in [0.2, 0.25) is 0 Å². The van der Waals surface area contributed by atoms with Gasteiger partial charge in [0.2, 0.25) is 5.91 Å². The average molecular weight is 298 g/mol. The third-order valence-corrected chi connectivity index (χ3v) is 3.57. The van der Waals surface area contributed by atoms with Gasteiger partial charge in [-0.3, -0.25) is 9.79 Å². The standard InChI is InChI=1S/C15H30N4O2/c1-3-21-11-7-10-17-15(16-2)18-12-14(20)19-13-8-5-4-6-9-13/h13H,3-12H2,1-2H3,(H,19,20)(H2,16,17,18). The molecule has 6 heteroatoms. The summed E-state index contributed by atoms with van der Waals surface area (Å²) in [7, 11) is 1.71. The third kappa shape index (κ3) is 8.55. The number of rotatable bonds is 8. The van der Waals surface area contributed by atoms with Crippen LogP contribution >= 0.6 is 0 Å². The topological polar surface area (TPSA) is 74.8 Å². The first-order valence-electron chi connectivity index (χ1n) is 8.08. The van der Waals surface area contributed by atoms with E-state index in [2.05, 4.69) is 20.9 Å². The maximum Gasteiger partial charge on any atom is 0.239 e. The molecular formula is C15H30N4O2. The lowest BCUT2D eigenvalue weighted by Gasteiger charge is -2.23.